The van der Waals surface area contributed by atoms with Crippen LogP contribution in [0.25, 0.3) is 11.3 Å². The van der Waals surface area contributed by atoms with E-state index in [1.807, 2.05) is 29.2 Å². The molecular formula is C31H33FN4O3. The van der Waals surface area contributed by atoms with Crippen LogP contribution < -0.4 is 10.5 Å². The van der Waals surface area contributed by atoms with E-state index in [0.717, 1.165) is 43.4 Å². The van der Waals surface area contributed by atoms with Crippen LogP contribution in [0.2, 0.25) is 0 Å². The SMILES string of the molecule is CC#CC(=O)N1CCC(C2CCC(CC)c3c(C(N)=O)c(-c4ccc(Oc5ccc(F)cc5)cc4)nn32)CC1. The van der Waals surface area contributed by atoms with Crippen molar-refractivity contribution in [1.82, 2.24) is 14.7 Å². The molecule has 1 aromatic heterocycles. The summed E-state index contributed by atoms with van der Waals surface area (Å²) in [5, 5.41) is 5.03. The largest absolute Gasteiger partial charge is 0.457 e. The van der Waals surface area contributed by atoms with Gasteiger partial charge in [-0.2, -0.15) is 5.10 Å². The van der Waals surface area contributed by atoms with Crippen molar-refractivity contribution in [3.63, 3.8) is 0 Å². The molecule has 2 aromatic carbocycles. The van der Waals surface area contributed by atoms with Crippen LogP contribution >= 0.6 is 0 Å². The number of likely N-dealkylation sites (tertiary alicyclic amines) is 1. The Morgan fingerprint density at radius 1 is 1.03 bits per heavy atom. The maximum absolute atomic E-state index is 13.2. The molecule has 1 fully saturated rings. The third-order valence-corrected chi connectivity index (χ3v) is 7.98. The minimum absolute atomic E-state index is 0.115. The van der Waals surface area contributed by atoms with Gasteiger partial charge in [0, 0.05) is 24.6 Å². The third kappa shape index (κ3) is 5.40. The van der Waals surface area contributed by atoms with E-state index in [2.05, 4.69) is 23.4 Å². The Bertz CT molecular complexity index is 1410. The number of halogens is 1. The standard InChI is InChI=1S/C31H33FN4O3/c1-3-5-27(37)35-18-16-21(17-19-35)26-15-8-20(4-2)30-28(31(33)38)29(34-36(26)30)22-6-11-24(12-7-22)39-25-13-9-23(32)10-14-25/h6-7,9-14,20-21,26H,4,8,15-19H2,1-2H3,(H2,33,38). The number of hydrogen-bond donors (Lipinski definition) is 1. The number of nitrogens with zero attached hydrogens (tertiary/aromatic N) is 3. The molecule has 0 aliphatic carbocycles. The molecule has 2 aliphatic heterocycles. The molecule has 2 aliphatic rings. The Balaban J connectivity index is 1.44. The van der Waals surface area contributed by atoms with Gasteiger partial charge in [0.2, 0.25) is 0 Å². The van der Waals surface area contributed by atoms with Crippen molar-refractivity contribution in [2.75, 3.05) is 13.1 Å². The average molecular weight is 529 g/mol. The number of carbonyl (C=O) groups excluding carboxylic acids is 2. The number of nitrogens with two attached hydrogens (primary N) is 1. The fourth-order valence-corrected chi connectivity index (χ4v) is 5.99. The highest BCUT2D eigenvalue weighted by Crippen LogP contribution is 2.45. The van der Waals surface area contributed by atoms with Crippen LogP contribution in [0.5, 0.6) is 11.5 Å². The van der Waals surface area contributed by atoms with Crippen molar-refractivity contribution < 1.29 is 18.7 Å². The number of carbonyl (C=O) groups is 2. The predicted molar refractivity (Wildman–Crippen MR) is 147 cm³/mol. The second-order valence-electron chi connectivity index (χ2n) is 10.3. The zero-order valence-electron chi connectivity index (χ0n) is 22.3. The highest BCUT2D eigenvalue weighted by molar-refractivity contribution is 6.00. The molecule has 3 heterocycles. The second-order valence-corrected chi connectivity index (χ2v) is 10.3. The summed E-state index contributed by atoms with van der Waals surface area (Å²) in [6.45, 7) is 5.16. The van der Waals surface area contributed by atoms with Crippen LogP contribution in [0, 0.1) is 23.6 Å². The van der Waals surface area contributed by atoms with E-state index in [1.54, 1.807) is 19.1 Å². The van der Waals surface area contributed by atoms with Gasteiger partial charge in [-0.05, 0) is 99.4 Å². The summed E-state index contributed by atoms with van der Waals surface area (Å²) in [5.41, 5.74) is 8.77. The Hall–Kier alpha value is -4.12. The van der Waals surface area contributed by atoms with Gasteiger partial charge in [0.25, 0.3) is 11.8 Å². The molecule has 202 valence electrons. The van der Waals surface area contributed by atoms with Gasteiger partial charge in [0.05, 0.1) is 17.3 Å². The maximum atomic E-state index is 13.2. The van der Waals surface area contributed by atoms with Gasteiger partial charge in [0.1, 0.15) is 23.0 Å². The minimum atomic E-state index is -0.476. The summed E-state index contributed by atoms with van der Waals surface area (Å²) in [7, 11) is 0. The van der Waals surface area contributed by atoms with Gasteiger partial charge in [-0.15, -0.1) is 0 Å². The van der Waals surface area contributed by atoms with Crippen molar-refractivity contribution in [1.29, 1.82) is 0 Å². The van der Waals surface area contributed by atoms with Gasteiger partial charge < -0.3 is 15.4 Å². The molecule has 39 heavy (non-hydrogen) atoms. The van der Waals surface area contributed by atoms with E-state index in [9.17, 15) is 14.0 Å². The van der Waals surface area contributed by atoms with E-state index in [-0.39, 0.29) is 23.7 Å². The number of rotatable bonds is 6. The van der Waals surface area contributed by atoms with Crippen LogP contribution in [0.1, 0.15) is 74.0 Å². The fourth-order valence-electron chi connectivity index (χ4n) is 5.99. The van der Waals surface area contributed by atoms with Gasteiger partial charge in [-0.25, -0.2) is 4.39 Å². The molecule has 0 bridgehead atoms. The normalized spacial score (nSPS) is 19.1. The van der Waals surface area contributed by atoms with Crippen LogP contribution in [0.4, 0.5) is 4.39 Å². The Kier molecular flexibility index (Phi) is 7.69. The molecule has 7 nitrogen and oxygen atoms in total. The number of aromatic nitrogens is 2. The lowest BCUT2D eigenvalue weighted by Gasteiger charge is -2.39. The first-order valence-corrected chi connectivity index (χ1v) is 13.6. The molecule has 2 N–H and O–H groups in total. The summed E-state index contributed by atoms with van der Waals surface area (Å²) < 4.78 is 21.1. The molecule has 2 amide bonds. The summed E-state index contributed by atoms with van der Waals surface area (Å²) in [5.74, 6) is 6.09. The number of amides is 2. The molecule has 0 radical (unpaired) electrons. The first-order valence-electron chi connectivity index (χ1n) is 13.6. The highest BCUT2D eigenvalue weighted by atomic mass is 19.1. The van der Waals surface area contributed by atoms with E-state index in [4.69, 9.17) is 15.6 Å². The van der Waals surface area contributed by atoms with Crippen LogP contribution in [-0.4, -0.2) is 39.6 Å². The van der Waals surface area contributed by atoms with Gasteiger partial charge in [0.15, 0.2) is 0 Å². The minimum Gasteiger partial charge on any atom is -0.457 e. The first kappa shape index (κ1) is 26.5. The first-order chi connectivity index (χ1) is 18.9. The number of primary amides is 1. The fraction of sp³-hybridized carbons (Fsp3) is 0.387. The molecule has 0 saturated carbocycles. The van der Waals surface area contributed by atoms with Gasteiger partial charge >= 0.3 is 0 Å². The quantitative estimate of drug-likeness (QED) is 0.418. The summed E-state index contributed by atoms with van der Waals surface area (Å²) in [4.78, 5) is 26.9. The lowest BCUT2D eigenvalue weighted by atomic mass is 9.80. The average Bonchev–Trinajstić information content (AvgIpc) is 3.36. The molecule has 2 atom stereocenters. The zero-order valence-corrected chi connectivity index (χ0v) is 22.3. The van der Waals surface area contributed by atoms with E-state index < -0.39 is 5.91 Å². The maximum Gasteiger partial charge on any atom is 0.298 e. The Morgan fingerprint density at radius 2 is 1.67 bits per heavy atom. The summed E-state index contributed by atoms with van der Waals surface area (Å²) >= 11 is 0. The number of ether oxygens (including phenoxy) is 1. The molecule has 5 rings (SSSR count). The molecular weight excluding hydrogens is 495 g/mol. The molecule has 3 aromatic rings. The van der Waals surface area contributed by atoms with Gasteiger partial charge in [-0.1, -0.05) is 12.8 Å². The number of hydrogen-bond acceptors (Lipinski definition) is 4. The topological polar surface area (TPSA) is 90.4 Å². The summed E-state index contributed by atoms with van der Waals surface area (Å²) in [6, 6.07) is 13.3. The van der Waals surface area contributed by atoms with Crippen molar-refractivity contribution >= 4 is 11.8 Å². The predicted octanol–water partition coefficient (Wildman–Crippen LogP) is 5.67. The highest BCUT2D eigenvalue weighted by Gasteiger charge is 2.38. The Morgan fingerprint density at radius 3 is 2.26 bits per heavy atom. The molecule has 1 saturated heterocycles. The van der Waals surface area contributed by atoms with Crippen molar-refractivity contribution in [3.05, 3.63) is 65.6 Å². The number of fused-ring (bicyclic) bond motifs is 1. The number of piperidine rings is 1. The monoisotopic (exact) mass is 528 g/mol. The summed E-state index contributed by atoms with van der Waals surface area (Å²) in [6.07, 6.45) is 4.58. The Labute approximate surface area is 228 Å². The molecule has 2 unspecified atom stereocenters. The van der Waals surface area contributed by atoms with E-state index in [0.29, 0.717) is 41.8 Å². The smallest absolute Gasteiger partial charge is 0.298 e. The van der Waals surface area contributed by atoms with E-state index in [1.165, 1.54) is 12.1 Å². The van der Waals surface area contributed by atoms with Crippen molar-refractivity contribution in [3.8, 4) is 34.6 Å². The van der Waals surface area contributed by atoms with Crippen LogP contribution in [0.3, 0.4) is 0 Å². The van der Waals surface area contributed by atoms with Crippen molar-refractivity contribution in [2.45, 2.75) is 57.9 Å². The zero-order chi connectivity index (χ0) is 27.5. The van der Waals surface area contributed by atoms with Crippen LogP contribution in [-0.2, 0) is 4.79 Å². The number of benzene rings is 2. The lowest BCUT2D eigenvalue weighted by molar-refractivity contribution is -0.126. The van der Waals surface area contributed by atoms with E-state index >= 15 is 0 Å². The lowest BCUT2D eigenvalue weighted by Crippen LogP contribution is -2.41. The molecule has 8 heteroatoms. The van der Waals surface area contributed by atoms with Crippen molar-refractivity contribution in [2.24, 2.45) is 11.7 Å². The van der Waals surface area contributed by atoms with Gasteiger partial charge in [-0.3, -0.25) is 14.3 Å². The second kappa shape index (κ2) is 11.3. The third-order valence-electron chi connectivity index (χ3n) is 7.98. The van der Waals surface area contributed by atoms with Crippen LogP contribution in [0.15, 0.2) is 48.5 Å². The molecule has 0 spiro atoms.